The first-order valence-corrected chi connectivity index (χ1v) is 4.45. The Balaban J connectivity index is 0.000000921. The topological polar surface area (TPSA) is 26.0 Å². The van der Waals surface area contributed by atoms with E-state index in [0.717, 1.165) is 6.07 Å². The van der Waals surface area contributed by atoms with Gasteiger partial charge in [-0.05, 0) is 24.6 Å². The maximum absolute atomic E-state index is 12.7. The molecule has 1 aromatic rings. The highest BCUT2D eigenvalue weighted by atomic mass is 19.4. The molecule has 0 radical (unpaired) electrons. The molecular formula is C10H13F4N. The fraction of sp³-hybridized carbons (Fsp3) is 0.400. The lowest BCUT2D eigenvalue weighted by atomic mass is 10.1. The van der Waals surface area contributed by atoms with E-state index in [2.05, 4.69) is 0 Å². The molecule has 0 saturated heterocycles. The molecule has 5 heteroatoms. The first-order chi connectivity index (χ1) is 6.82. The zero-order valence-electron chi connectivity index (χ0n) is 8.74. The van der Waals surface area contributed by atoms with Crippen molar-refractivity contribution in [2.45, 2.75) is 26.9 Å². The molecule has 0 aromatic heterocycles. The lowest BCUT2D eigenvalue weighted by Gasteiger charge is -2.10. The van der Waals surface area contributed by atoms with Gasteiger partial charge in [0.2, 0.25) is 0 Å². The van der Waals surface area contributed by atoms with Crippen LogP contribution >= 0.6 is 0 Å². The summed E-state index contributed by atoms with van der Waals surface area (Å²) in [6, 6.07) is 1.38. The normalized spacial score (nSPS) is 10.6. The molecule has 0 atom stereocenters. The molecule has 0 fully saturated rings. The van der Waals surface area contributed by atoms with Gasteiger partial charge in [-0.3, -0.25) is 0 Å². The number of aryl methyl sites for hydroxylation is 1. The standard InChI is InChI=1S/C8H7F4N.C2H6/c1-4-2-7(13)6(9)3-5(4)8(10,11)12;1-2/h2-3H,13H2,1H3;1-2H3. The molecule has 0 aliphatic carbocycles. The number of nitrogen functional groups attached to an aromatic ring is 1. The molecule has 15 heavy (non-hydrogen) atoms. The van der Waals surface area contributed by atoms with Gasteiger partial charge in [0.05, 0.1) is 11.3 Å². The summed E-state index contributed by atoms with van der Waals surface area (Å²) in [7, 11) is 0. The van der Waals surface area contributed by atoms with E-state index in [4.69, 9.17) is 5.73 Å². The first-order valence-electron chi connectivity index (χ1n) is 4.45. The minimum absolute atomic E-state index is 0.0774. The quantitative estimate of drug-likeness (QED) is 0.526. The third kappa shape index (κ3) is 3.42. The molecule has 86 valence electrons. The van der Waals surface area contributed by atoms with Gasteiger partial charge in [-0.1, -0.05) is 13.8 Å². The van der Waals surface area contributed by atoms with Gasteiger partial charge in [-0.25, -0.2) is 4.39 Å². The molecule has 0 heterocycles. The van der Waals surface area contributed by atoms with E-state index in [1.54, 1.807) is 0 Å². The monoisotopic (exact) mass is 223 g/mol. The second-order valence-corrected chi connectivity index (χ2v) is 2.69. The van der Waals surface area contributed by atoms with Crippen LogP contribution in [0.3, 0.4) is 0 Å². The Hall–Kier alpha value is -1.26. The first kappa shape index (κ1) is 13.7. The molecule has 2 N–H and O–H groups in total. The fourth-order valence-corrected chi connectivity index (χ4v) is 1.01. The molecule has 0 saturated carbocycles. The van der Waals surface area contributed by atoms with E-state index in [1.807, 2.05) is 13.8 Å². The van der Waals surface area contributed by atoms with Crippen molar-refractivity contribution < 1.29 is 17.6 Å². The van der Waals surface area contributed by atoms with Crippen LogP contribution in [-0.2, 0) is 6.18 Å². The number of hydrogen-bond donors (Lipinski definition) is 1. The lowest BCUT2D eigenvalue weighted by molar-refractivity contribution is -0.138. The number of nitrogens with two attached hydrogens (primary N) is 1. The minimum atomic E-state index is -4.53. The molecule has 0 amide bonds. The highest BCUT2D eigenvalue weighted by Gasteiger charge is 2.33. The number of benzene rings is 1. The van der Waals surface area contributed by atoms with Gasteiger partial charge in [0.25, 0.3) is 0 Å². The summed E-state index contributed by atoms with van der Waals surface area (Å²) in [5.74, 6) is -1.04. The Kier molecular flexibility index (Phi) is 4.58. The van der Waals surface area contributed by atoms with Crippen LogP contribution in [0.4, 0.5) is 23.2 Å². The molecule has 0 spiro atoms. The number of rotatable bonds is 0. The summed E-state index contributed by atoms with van der Waals surface area (Å²) in [5, 5.41) is 0. The third-order valence-corrected chi connectivity index (χ3v) is 1.65. The predicted molar refractivity (Wildman–Crippen MR) is 51.9 cm³/mol. The maximum Gasteiger partial charge on any atom is 0.416 e. The van der Waals surface area contributed by atoms with Crippen LogP contribution < -0.4 is 5.73 Å². The highest BCUT2D eigenvalue weighted by Crippen LogP contribution is 2.33. The smallest absolute Gasteiger partial charge is 0.396 e. The highest BCUT2D eigenvalue weighted by molar-refractivity contribution is 5.46. The summed E-state index contributed by atoms with van der Waals surface area (Å²) in [4.78, 5) is 0. The van der Waals surface area contributed by atoms with Crippen LogP contribution in [0.2, 0.25) is 0 Å². The van der Waals surface area contributed by atoms with Crippen molar-refractivity contribution in [3.8, 4) is 0 Å². The van der Waals surface area contributed by atoms with Crippen molar-refractivity contribution in [3.05, 3.63) is 29.1 Å². The van der Waals surface area contributed by atoms with Crippen LogP contribution in [0.15, 0.2) is 12.1 Å². The van der Waals surface area contributed by atoms with E-state index >= 15 is 0 Å². The van der Waals surface area contributed by atoms with Gasteiger partial charge in [0, 0.05) is 0 Å². The predicted octanol–water partition coefficient (Wildman–Crippen LogP) is 3.76. The zero-order chi connectivity index (χ0) is 12.2. The van der Waals surface area contributed by atoms with Crippen molar-refractivity contribution in [3.63, 3.8) is 0 Å². The van der Waals surface area contributed by atoms with Crippen LogP contribution in [0.5, 0.6) is 0 Å². The molecule has 1 nitrogen and oxygen atoms in total. The van der Waals surface area contributed by atoms with Crippen LogP contribution in [-0.4, -0.2) is 0 Å². The van der Waals surface area contributed by atoms with Crippen LogP contribution in [0, 0.1) is 12.7 Å². The number of hydrogen-bond acceptors (Lipinski definition) is 1. The lowest BCUT2D eigenvalue weighted by Crippen LogP contribution is -2.09. The molecule has 0 unspecified atom stereocenters. The fourth-order valence-electron chi connectivity index (χ4n) is 1.01. The summed E-state index contributed by atoms with van der Waals surface area (Å²) in [5.41, 5.74) is 3.75. The molecular weight excluding hydrogens is 210 g/mol. The summed E-state index contributed by atoms with van der Waals surface area (Å²) in [6.45, 7) is 5.23. The summed E-state index contributed by atoms with van der Waals surface area (Å²) < 4.78 is 49.1. The van der Waals surface area contributed by atoms with E-state index in [0.29, 0.717) is 6.07 Å². The molecule has 0 aliphatic heterocycles. The van der Waals surface area contributed by atoms with E-state index in [1.165, 1.54) is 6.92 Å². The third-order valence-electron chi connectivity index (χ3n) is 1.65. The van der Waals surface area contributed by atoms with Crippen molar-refractivity contribution in [1.29, 1.82) is 0 Å². The van der Waals surface area contributed by atoms with Gasteiger partial charge >= 0.3 is 6.18 Å². The average molecular weight is 223 g/mol. The number of anilines is 1. The minimum Gasteiger partial charge on any atom is -0.396 e. The Bertz CT molecular complexity index is 331. The van der Waals surface area contributed by atoms with Crippen molar-refractivity contribution in [1.82, 2.24) is 0 Å². The second kappa shape index (κ2) is 5.00. The van der Waals surface area contributed by atoms with Crippen molar-refractivity contribution in [2.24, 2.45) is 0 Å². The van der Waals surface area contributed by atoms with Crippen LogP contribution in [0.1, 0.15) is 25.0 Å². The Morgan fingerprint density at radius 2 is 1.60 bits per heavy atom. The van der Waals surface area contributed by atoms with Gasteiger partial charge < -0.3 is 5.73 Å². The zero-order valence-corrected chi connectivity index (χ0v) is 8.74. The molecule has 0 aliphatic rings. The molecule has 1 rings (SSSR count). The Morgan fingerprint density at radius 1 is 1.13 bits per heavy atom. The summed E-state index contributed by atoms with van der Waals surface area (Å²) >= 11 is 0. The SMILES string of the molecule is CC.Cc1cc(N)c(F)cc1C(F)(F)F. The average Bonchev–Trinajstić information content (AvgIpc) is 2.13. The summed E-state index contributed by atoms with van der Waals surface area (Å²) in [6.07, 6.45) is -4.53. The van der Waals surface area contributed by atoms with Gasteiger partial charge in [-0.2, -0.15) is 13.2 Å². The molecule has 1 aromatic carbocycles. The van der Waals surface area contributed by atoms with Gasteiger partial charge in [0.1, 0.15) is 5.82 Å². The van der Waals surface area contributed by atoms with Crippen molar-refractivity contribution >= 4 is 5.69 Å². The maximum atomic E-state index is 12.7. The van der Waals surface area contributed by atoms with Gasteiger partial charge in [-0.15, -0.1) is 0 Å². The molecule has 0 bridgehead atoms. The van der Waals surface area contributed by atoms with E-state index in [-0.39, 0.29) is 11.3 Å². The van der Waals surface area contributed by atoms with Gasteiger partial charge in [0.15, 0.2) is 0 Å². The number of alkyl halides is 3. The van der Waals surface area contributed by atoms with E-state index < -0.39 is 17.6 Å². The van der Waals surface area contributed by atoms with E-state index in [9.17, 15) is 17.6 Å². The van der Waals surface area contributed by atoms with Crippen LogP contribution in [0.25, 0.3) is 0 Å². The Morgan fingerprint density at radius 3 is 2.00 bits per heavy atom. The largest absolute Gasteiger partial charge is 0.416 e. The Labute approximate surface area is 85.9 Å². The van der Waals surface area contributed by atoms with Crippen molar-refractivity contribution in [2.75, 3.05) is 5.73 Å². The number of halogens is 4. The second-order valence-electron chi connectivity index (χ2n) is 2.69.